The summed E-state index contributed by atoms with van der Waals surface area (Å²) in [4.78, 5) is 28.6. The predicted octanol–water partition coefficient (Wildman–Crippen LogP) is 5.53. The van der Waals surface area contributed by atoms with Gasteiger partial charge in [0.05, 0.1) is 13.1 Å². The molecule has 34 heavy (non-hydrogen) atoms. The number of nitrogens with zero attached hydrogens (tertiary/aromatic N) is 2. The molecule has 1 amide bonds. The number of amides is 1. The summed E-state index contributed by atoms with van der Waals surface area (Å²) in [5, 5.41) is 10.2. The van der Waals surface area contributed by atoms with E-state index in [0.717, 1.165) is 40.9 Å². The lowest BCUT2D eigenvalue weighted by atomic mass is 9.97. The lowest BCUT2D eigenvalue weighted by molar-refractivity contribution is -0.141. The van der Waals surface area contributed by atoms with Crippen LogP contribution in [0.1, 0.15) is 24.5 Å². The Labute approximate surface area is 246 Å². The zero-order chi connectivity index (χ0) is 24.8. The fourth-order valence-electron chi connectivity index (χ4n) is 3.81. The molecule has 0 aromatic heterocycles. The zero-order valence-electron chi connectivity index (χ0n) is 18.7. The minimum absolute atomic E-state index is 0.0284. The summed E-state index contributed by atoms with van der Waals surface area (Å²) in [6.45, 7) is 5.65. The maximum atomic E-state index is 12.8. The highest BCUT2D eigenvalue weighted by Gasteiger charge is 2.25. The smallest absolute Gasteiger partial charge is 0.306 e. The largest absolute Gasteiger partial charge is 0.482 e. The topological polar surface area (TPSA) is 70.1 Å². The second-order valence-electron chi connectivity index (χ2n) is 8.18. The Kier molecular flexibility index (Phi) is 11.0. The number of aliphatic carboxylic acids is 1. The van der Waals surface area contributed by atoms with Crippen LogP contribution in [0.25, 0.3) is 0 Å². The molecule has 1 aliphatic rings. The van der Waals surface area contributed by atoms with E-state index in [2.05, 4.69) is 72.7 Å². The molecular weight excluding hydrogens is 796 g/mol. The van der Waals surface area contributed by atoms with Crippen molar-refractivity contribution in [1.82, 2.24) is 9.80 Å². The van der Waals surface area contributed by atoms with Crippen molar-refractivity contribution in [3.8, 4) is 5.75 Å². The zero-order valence-corrected chi connectivity index (χ0v) is 25.9. The van der Waals surface area contributed by atoms with Crippen molar-refractivity contribution in [2.75, 3.05) is 32.8 Å². The number of piperazine rings is 1. The van der Waals surface area contributed by atoms with Crippen LogP contribution in [0.4, 0.5) is 0 Å². The maximum absolute atomic E-state index is 12.8. The number of benzene rings is 2. The summed E-state index contributed by atoms with van der Waals surface area (Å²) in [6, 6.07) is 9.85. The molecule has 1 N–H and O–H groups in total. The van der Waals surface area contributed by atoms with Gasteiger partial charge >= 0.3 is 5.97 Å². The van der Waals surface area contributed by atoms with Gasteiger partial charge in [0.2, 0.25) is 0 Å². The lowest BCUT2D eigenvalue weighted by Gasteiger charge is -2.34. The molecule has 3 rings (SSSR count). The van der Waals surface area contributed by atoms with Crippen molar-refractivity contribution in [3.63, 3.8) is 0 Å². The summed E-state index contributed by atoms with van der Waals surface area (Å²) in [5.41, 5.74) is 2.17. The number of hydrogen-bond donors (Lipinski definition) is 1. The molecule has 0 spiro atoms. The van der Waals surface area contributed by atoms with E-state index < -0.39 is 11.9 Å². The number of hydrogen-bond acceptors (Lipinski definition) is 4. The third-order valence-corrected chi connectivity index (χ3v) is 9.06. The summed E-state index contributed by atoms with van der Waals surface area (Å²) in [7, 11) is 0. The van der Waals surface area contributed by atoms with Crippen LogP contribution in [0.3, 0.4) is 0 Å². The number of rotatable bonds is 9. The van der Waals surface area contributed by atoms with Gasteiger partial charge < -0.3 is 14.7 Å². The van der Waals surface area contributed by atoms with Gasteiger partial charge in [0, 0.05) is 41.3 Å². The fourth-order valence-corrected chi connectivity index (χ4v) is 8.06. The Balaban J connectivity index is 1.57. The van der Waals surface area contributed by atoms with E-state index in [-0.39, 0.29) is 12.5 Å². The first kappa shape index (κ1) is 28.2. The van der Waals surface area contributed by atoms with Crippen LogP contribution in [-0.4, -0.2) is 59.6 Å². The van der Waals surface area contributed by atoms with Gasteiger partial charge in [-0.05, 0) is 110 Å². The molecule has 0 bridgehead atoms. The molecule has 0 saturated carbocycles. The molecule has 1 fully saturated rings. The Morgan fingerprint density at radius 2 is 1.74 bits per heavy atom. The molecule has 0 aliphatic carbocycles. The second kappa shape index (κ2) is 13.2. The molecular formula is C24H26ClI3N2O4. The summed E-state index contributed by atoms with van der Waals surface area (Å²) < 4.78 is 8.82. The van der Waals surface area contributed by atoms with Crippen LogP contribution < -0.4 is 4.74 Å². The van der Waals surface area contributed by atoms with Crippen LogP contribution >= 0.6 is 79.4 Å². The standard InChI is InChI=1S/C24H26ClI3N2O4/c1-2-16(24(32)33)11-18-19(26)12-20(27)23(22(18)28)34-14-21(31)30-9-7-29(8-10-30)13-15-3-5-17(25)6-4-15/h3-6,12,16H,2,7-11,13-14H2,1H3,(H,32,33). The van der Waals surface area contributed by atoms with Crippen molar-refractivity contribution in [2.24, 2.45) is 5.92 Å². The molecule has 2 aromatic rings. The van der Waals surface area contributed by atoms with Crippen LogP contribution in [0.15, 0.2) is 30.3 Å². The summed E-state index contributed by atoms with van der Waals surface area (Å²) in [6.07, 6.45) is 1.01. The van der Waals surface area contributed by atoms with E-state index in [1.165, 1.54) is 5.56 Å². The summed E-state index contributed by atoms with van der Waals surface area (Å²) >= 11 is 12.6. The van der Waals surface area contributed by atoms with Gasteiger partial charge in [-0.3, -0.25) is 14.5 Å². The van der Waals surface area contributed by atoms with E-state index in [4.69, 9.17) is 16.3 Å². The number of carboxylic acids is 1. The summed E-state index contributed by atoms with van der Waals surface area (Å²) in [5.74, 6) is -0.609. The molecule has 6 nitrogen and oxygen atoms in total. The van der Waals surface area contributed by atoms with Gasteiger partial charge in [-0.25, -0.2) is 0 Å². The van der Waals surface area contributed by atoms with Gasteiger partial charge in [0.25, 0.3) is 5.91 Å². The van der Waals surface area contributed by atoms with Crippen LogP contribution in [0, 0.1) is 16.6 Å². The predicted molar refractivity (Wildman–Crippen MR) is 159 cm³/mol. The molecule has 184 valence electrons. The quantitative estimate of drug-likeness (QED) is 0.338. The van der Waals surface area contributed by atoms with E-state index in [1.807, 2.05) is 42.2 Å². The highest BCUT2D eigenvalue weighted by atomic mass is 127. The molecule has 1 aliphatic heterocycles. The van der Waals surface area contributed by atoms with Crippen LogP contribution in [-0.2, 0) is 22.6 Å². The van der Waals surface area contributed by atoms with Gasteiger partial charge in [-0.15, -0.1) is 0 Å². The van der Waals surface area contributed by atoms with Crippen LogP contribution in [0.5, 0.6) is 5.75 Å². The van der Waals surface area contributed by atoms with Crippen molar-refractivity contribution in [2.45, 2.75) is 26.3 Å². The van der Waals surface area contributed by atoms with Gasteiger partial charge in [0.15, 0.2) is 6.61 Å². The van der Waals surface area contributed by atoms with Crippen molar-refractivity contribution in [3.05, 3.63) is 57.2 Å². The minimum Gasteiger partial charge on any atom is -0.482 e. The van der Waals surface area contributed by atoms with Gasteiger partial charge in [-0.1, -0.05) is 30.7 Å². The third kappa shape index (κ3) is 7.56. The second-order valence-corrected chi connectivity index (χ2v) is 12.0. The van der Waals surface area contributed by atoms with Crippen molar-refractivity contribution in [1.29, 1.82) is 0 Å². The van der Waals surface area contributed by atoms with Crippen LogP contribution in [0.2, 0.25) is 5.02 Å². The maximum Gasteiger partial charge on any atom is 0.306 e. The van der Waals surface area contributed by atoms with Crippen molar-refractivity contribution >= 4 is 91.3 Å². The third-order valence-electron chi connectivity index (χ3n) is 5.90. The van der Waals surface area contributed by atoms with Gasteiger partial charge in [0.1, 0.15) is 5.75 Å². The molecule has 0 radical (unpaired) electrons. The number of halogens is 4. The fraction of sp³-hybridized carbons (Fsp3) is 0.417. The first-order valence-electron chi connectivity index (χ1n) is 11.0. The normalized spacial score (nSPS) is 15.3. The Morgan fingerprint density at radius 1 is 1.09 bits per heavy atom. The minimum atomic E-state index is -0.791. The van der Waals surface area contributed by atoms with E-state index in [1.54, 1.807) is 0 Å². The first-order chi connectivity index (χ1) is 16.2. The highest BCUT2D eigenvalue weighted by molar-refractivity contribution is 14.1. The molecule has 10 heteroatoms. The Hall–Kier alpha value is -0.380. The number of carbonyl (C=O) groups excluding carboxylic acids is 1. The molecule has 2 aromatic carbocycles. The van der Waals surface area contributed by atoms with Gasteiger partial charge in [-0.2, -0.15) is 0 Å². The number of carbonyl (C=O) groups is 2. The monoisotopic (exact) mass is 822 g/mol. The lowest BCUT2D eigenvalue weighted by Crippen LogP contribution is -2.49. The Morgan fingerprint density at radius 3 is 2.32 bits per heavy atom. The molecule has 1 heterocycles. The van der Waals surface area contributed by atoms with E-state index >= 15 is 0 Å². The number of ether oxygens (including phenoxy) is 1. The molecule has 1 unspecified atom stereocenters. The van der Waals surface area contributed by atoms with E-state index in [9.17, 15) is 14.7 Å². The molecule has 1 atom stereocenters. The molecule has 1 saturated heterocycles. The highest BCUT2D eigenvalue weighted by Crippen LogP contribution is 2.35. The van der Waals surface area contributed by atoms with E-state index in [0.29, 0.717) is 31.7 Å². The number of carboxylic acid groups (broad SMARTS) is 1. The first-order valence-corrected chi connectivity index (χ1v) is 14.6. The van der Waals surface area contributed by atoms with Crippen molar-refractivity contribution < 1.29 is 19.4 Å². The Bertz CT molecular complexity index is 1030. The SMILES string of the molecule is CCC(Cc1c(I)cc(I)c(OCC(=O)N2CCN(Cc3ccc(Cl)cc3)CC2)c1I)C(=O)O. The average molecular weight is 823 g/mol. The average Bonchev–Trinajstić information content (AvgIpc) is 2.80.